The molecule has 3 aromatic carbocycles. The standard InChI is InChI=1S/C20H13NO3/c22-17-10-9-12(11-18(17)23)21-19-13-5-1-3-7-15(13)20(24)16-8-4-2-6-14(16)19/h1-11,22-23H. The Kier molecular flexibility index (Phi) is 3.17. The lowest BCUT2D eigenvalue weighted by Gasteiger charge is -2.20. The van der Waals surface area contributed by atoms with Crippen molar-refractivity contribution in [3.8, 4) is 11.5 Å². The molecule has 0 bridgehead atoms. The second kappa shape index (κ2) is 5.35. The predicted octanol–water partition coefficient (Wildman–Crippen LogP) is 3.81. The lowest BCUT2D eigenvalue weighted by molar-refractivity contribution is 0.103. The number of hydrogen-bond acceptors (Lipinski definition) is 4. The van der Waals surface area contributed by atoms with E-state index in [1.165, 1.54) is 12.1 Å². The second-order valence-corrected chi connectivity index (χ2v) is 5.55. The summed E-state index contributed by atoms with van der Waals surface area (Å²) >= 11 is 0. The maximum atomic E-state index is 12.7. The van der Waals surface area contributed by atoms with E-state index >= 15 is 0 Å². The highest BCUT2D eigenvalue weighted by molar-refractivity contribution is 6.30. The summed E-state index contributed by atoms with van der Waals surface area (Å²) in [5.74, 6) is -0.447. The Hall–Kier alpha value is -3.40. The molecule has 4 heteroatoms. The third-order valence-electron chi connectivity index (χ3n) is 4.05. The first-order valence-corrected chi connectivity index (χ1v) is 7.49. The number of hydrogen-bond donors (Lipinski definition) is 2. The molecule has 4 nitrogen and oxygen atoms in total. The van der Waals surface area contributed by atoms with Crippen molar-refractivity contribution in [2.45, 2.75) is 0 Å². The number of phenols is 2. The molecule has 2 N–H and O–H groups in total. The molecule has 24 heavy (non-hydrogen) atoms. The van der Waals surface area contributed by atoms with Crippen molar-refractivity contribution in [2.75, 3.05) is 0 Å². The fraction of sp³-hybridized carbons (Fsp3) is 0. The highest BCUT2D eigenvalue weighted by Gasteiger charge is 2.27. The van der Waals surface area contributed by atoms with E-state index in [0.29, 0.717) is 22.5 Å². The molecule has 0 unspecified atom stereocenters. The van der Waals surface area contributed by atoms with Gasteiger partial charge in [-0.25, -0.2) is 4.99 Å². The van der Waals surface area contributed by atoms with Gasteiger partial charge in [-0.15, -0.1) is 0 Å². The number of fused-ring (bicyclic) bond motifs is 2. The van der Waals surface area contributed by atoms with Crippen LogP contribution in [0.25, 0.3) is 0 Å². The minimum absolute atomic E-state index is 0.0197. The van der Waals surface area contributed by atoms with Crippen LogP contribution in [0.3, 0.4) is 0 Å². The number of aromatic hydroxyl groups is 2. The summed E-state index contributed by atoms with van der Waals surface area (Å²) in [7, 11) is 0. The summed E-state index contributed by atoms with van der Waals surface area (Å²) in [5.41, 5.74) is 3.91. The predicted molar refractivity (Wildman–Crippen MR) is 91.4 cm³/mol. The molecule has 116 valence electrons. The van der Waals surface area contributed by atoms with Crippen molar-refractivity contribution < 1.29 is 15.0 Å². The molecule has 0 saturated heterocycles. The smallest absolute Gasteiger partial charge is 0.194 e. The average molecular weight is 315 g/mol. The van der Waals surface area contributed by atoms with E-state index in [4.69, 9.17) is 0 Å². The maximum Gasteiger partial charge on any atom is 0.194 e. The van der Waals surface area contributed by atoms with E-state index < -0.39 is 0 Å². The molecular weight excluding hydrogens is 302 g/mol. The summed E-state index contributed by atoms with van der Waals surface area (Å²) in [5, 5.41) is 19.1. The van der Waals surface area contributed by atoms with E-state index in [0.717, 1.165) is 11.1 Å². The lowest BCUT2D eigenvalue weighted by Crippen LogP contribution is -2.21. The zero-order chi connectivity index (χ0) is 16.7. The van der Waals surface area contributed by atoms with Gasteiger partial charge in [0, 0.05) is 28.3 Å². The summed E-state index contributed by atoms with van der Waals surface area (Å²) in [6, 6.07) is 19.1. The molecular formula is C20H13NO3. The molecule has 0 heterocycles. The van der Waals surface area contributed by atoms with E-state index in [1.807, 2.05) is 36.4 Å². The topological polar surface area (TPSA) is 69.9 Å². The Morgan fingerprint density at radius 2 is 1.21 bits per heavy atom. The zero-order valence-corrected chi connectivity index (χ0v) is 12.6. The van der Waals surface area contributed by atoms with Crippen LogP contribution in [-0.2, 0) is 0 Å². The number of nitrogens with zero attached hydrogens (tertiary/aromatic N) is 1. The van der Waals surface area contributed by atoms with E-state index in [2.05, 4.69) is 4.99 Å². The molecule has 1 aliphatic rings. The van der Waals surface area contributed by atoms with Crippen molar-refractivity contribution in [1.82, 2.24) is 0 Å². The van der Waals surface area contributed by atoms with E-state index in [1.54, 1.807) is 18.2 Å². The summed E-state index contributed by atoms with van der Waals surface area (Å²) in [4.78, 5) is 17.3. The lowest BCUT2D eigenvalue weighted by atomic mass is 9.83. The molecule has 0 amide bonds. The first-order chi connectivity index (χ1) is 11.6. The van der Waals surface area contributed by atoms with Gasteiger partial charge < -0.3 is 10.2 Å². The van der Waals surface area contributed by atoms with Crippen molar-refractivity contribution >= 4 is 17.2 Å². The van der Waals surface area contributed by atoms with E-state index in [-0.39, 0.29) is 17.3 Å². The molecule has 3 aromatic rings. The van der Waals surface area contributed by atoms with Gasteiger partial charge >= 0.3 is 0 Å². The summed E-state index contributed by atoms with van der Waals surface area (Å²) in [6.45, 7) is 0. The van der Waals surface area contributed by atoms with Crippen LogP contribution in [0.5, 0.6) is 11.5 Å². The highest BCUT2D eigenvalue weighted by atomic mass is 16.3. The molecule has 0 fully saturated rings. The van der Waals surface area contributed by atoms with E-state index in [9.17, 15) is 15.0 Å². The number of aliphatic imine (C=N–C) groups is 1. The van der Waals surface area contributed by atoms with Crippen LogP contribution in [0.1, 0.15) is 27.0 Å². The number of ketones is 1. The van der Waals surface area contributed by atoms with Crippen molar-refractivity contribution in [3.63, 3.8) is 0 Å². The van der Waals surface area contributed by atoms with Gasteiger partial charge in [-0.1, -0.05) is 48.5 Å². The number of carbonyl (C=O) groups excluding carboxylic acids is 1. The van der Waals surface area contributed by atoms with Crippen LogP contribution in [0.15, 0.2) is 71.7 Å². The molecule has 0 spiro atoms. The zero-order valence-electron chi connectivity index (χ0n) is 12.6. The van der Waals surface area contributed by atoms with Crippen LogP contribution >= 0.6 is 0 Å². The Morgan fingerprint density at radius 1 is 0.667 bits per heavy atom. The van der Waals surface area contributed by atoms with Gasteiger partial charge in [0.05, 0.1) is 11.4 Å². The van der Waals surface area contributed by atoms with Crippen molar-refractivity contribution in [3.05, 3.63) is 89.0 Å². The van der Waals surface area contributed by atoms with Crippen molar-refractivity contribution in [2.24, 2.45) is 4.99 Å². The monoisotopic (exact) mass is 315 g/mol. The van der Waals surface area contributed by atoms with Gasteiger partial charge in [-0.05, 0) is 12.1 Å². The van der Waals surface area contributed by atoms with Gasteiger partial charge in [-0.3, -0.25) is 4.79 Å². The Bertz CT molecular complexity index is 954. The third kappa shape index (κ3) is 2.16. The number of phenolic OH excluding ortho intramolecular Hbond substituents is 2. The molecule has 0 saturated carbocycles. The molecule has 0 radical (unpaired) electrons. The molecule has 1 aliphatic carbocycles. The fourth-order valence-corrected chi connectivity index (χ4v) is 2.90. The largest absolute Gasteiger partial charge is 0.504 e. The quantitative estimate of drug-likeness (QED) is 0.525. The van der Waals surface area contributed by atoms with Gasteiger partial charge in [-0.2, -0.15) is 0 Å². The third-order valence-corrected chi connectivity index (χ3v) is 4.05. The fourth-order valence-electron chi connectivity index (χ4n) is 2.90. The molecule has 0 aromatic heterocycles. The molecule has 4 rings (SSSR count). The Balaban J connectivity index is 1.98. The van der Waals surface area contributed by atoms with Crippen LogP contribution < -0.4 is 0 Å². The molecule has 0 atom stereocenters. The minimum Gasteiger partial charge on any atom is -0.504 e. The van der Waals surface area contributed by atoms with Gasteiger partial charge in [0.15, 0.2) is 17.3 Å². The van der Waals surface area contributed by atoms with Gasteiger partial charge in [0.2, 0.25) is 0 Å². The maximum absolute atomic E-state index is 12.7. The van der Waals surface area contributed by atoms with Crippen LogP contribution in [0.2, 0.25) is 0 Å². The van der Waals surface area contributed by atoms with Crippen LogP contribution in [0, 0.1) is 0 Å². The Labute approximate surface area is 138 Å². The SMILES string of the molecule is O=C1c2ccccc2C(=Nc2ccc(O)c(O)c2)c2ccccc21. The van der Waals surface area contributed by atoms with Crippen LogP contribution in [-0.4, -0.2) is 21.7 Å². The number of benzene rings is 3. The normalized spacial score (nSPS) is 12.5. The van der Waals surface area contributed by atoms with Gasteiger partial charge in [0.25, 0.3) is 0 Å². The summed E-state index contributed by atoms with van der Waals surface area (Å²) < 4.78 is 0. The number of carbonyl (C=O) groups is 1. The Morgan fingerprint density at radius 3 is 1.75 bits per heavy atom. The first-order valence-electron chi connectivity index (χ1n) is 7.49. The van der Waals surface area contributed by atoms with Gasteiger partial charge in [0.1, 0.15) is 0 Å². The average Bonchev–Trinajstić information content (AvgIpc) is 2.61. The first kappa shape index (κ1) is 14.2. The minimum atomic E-state index is -0.231. The van der Waals surface area contributed by atoms with Crippen molar-refractivity contribution in [1.29, 1.82) is 0 Å². The van der Waals surface area contributed by atoms with Crippen LogP contribution in [0.4, 0.5) is 5.69 Å². The summed E-state index contributed by atoms with van der Waals surface area (Å²) in [6.07, 6.45) is 0. The number of rotatable bonds is 1. The highest BCUT2D eigenvalue weighted by Crippen LogP contribution is 2.32. The second-order valence-electron chi connectivity index (χ2n) is 5.55. The molecule has 0 aliphatic heterocycles.